The van der Waals surface area contributed by atoms with E-state index in [0.717, 1.165) is 15.4 Å². The van der Waals surface area contributed by atoms with Gasteiger partial charge in [-0.1, -0.05) is 28.1 Å². The number of benzene rings is 3. The van der Waals surface area contributed by atoms with Crippen molar-refractivity contribution >= 4 is 71.6 Å². The van der Waals surface area contributed by atoms with Gasteiger partial charge in [0, 0.05) is 25.9 Å². The van der Waals surface area contributed by atoms with Gasteiger partial charge in [-0.3, -0.25) is 0 Å². The molecule has 0 aromatic heterocycles. The molecule has 25 heavy (non-hydrogen) atoms. The number of urea groups is 1. The van der Waals surface area contributed by atoms with Crippen LogP contribution in [0.15, 0.2) is 57.5 Å². The lowest BCUT2D eigenvalue weighted by molar-refractivity contribution is 0.262. The first-order valence-corrected chi connectivity index (χ1v) is 9.43. The van der Waals surface area contributed by atoms with Crippen LogP contribution in [0.25, 0.3) is 10.8 Å². The van der Waals surface area contributed by atoms with Gasteiger partial charge in [0.15, 0.2) is 0 Å². The SMILES string of the molecule is O=C(Nc1ccc(CCl)cc1)Nc1c(Br)cc(Br)c2ccc(O)cc12. The van der Waals surface area contributed by atoms with E-state index in [2.05, 4.69) is 42.5 Å². The van der Waals surface area contributed by atoms with Crippen molar-refractivity contribution < 1.29 is 9.90 Å². The van der Waals surface area contributed by atoms with Crippen molar-refractivity contribution in [2.24, 2.45) is 0 Å². The molecule has 3 aromatic rings. The molecule has 3 aromatic carbocycles. The number of alkyl halides is 1. The summed E-state index contributed by atoms with van der Waals surface area (Å²) in [5.41, 5.74) is 2.21. The molecule has 0 saturated heterocycles. The van der Waals surface area contributed by atoms with E-state index in [9.17, 15) is 9.90 Å². The highest BCUT2D eigenvalue weighted by atomic mass is 79.9. The zero-order chi connectivity index (χ0) is 18.0. The number of fused-ring (bicyclic) bond motifs is 1. The summed E-state index contributed by atoms with van der Waals surface area (Å²) in [7, 11) is 0. The van der Waals surface area contributed by atoms with Crippen LogP contribution >= 0.6 is 43.5 Å². The number of carbonyl (C=O) groups excluding carboxylic acids is 1. The number of hydrogen-bond acceptors (Lipinski definition) is 2. The van der Waals surface area contributed by atoms with E-state index < -0.39 is 0 Å². The van der Waals surface area contributed by atoms with Crippen molar-refractivity contribution in [2.75, 3.05) is 10.6 Å². The average Bonchev–Trinajstić information content (AvgIpc) is 2.59. The minimum atomic E-state index is -0.383. The summed E-state index contributed by atoms with van der Waals surface area (Å²) in [6.45, 7) is 0. The van der Waals surface area contributed by atoms with E-state index in [1.54, 1.807) is 30.3 Å². The van der Waals surface area contributed by atoms with Crippen molar-refractivity contribution in [2.45, 2.75) is 5.88 Å². The van der Waals surface area contributed by atoms with E-state index in [4.69, 9.17) is 11.6 Å². The summed E-state index contributed by atoms with van der Waals surface area (Å²) in [6, 6.07) is 13.7. The monoisotopic (exact) mass is 482 g/mol. The second kappa shape index (κ2) is 7.64. The normalized spacial score (nSPS) is 10.7. The maximum Gasteiger partial charge on any atom is 0.323 e. The van der Waals surface area contributed by atoms with Gasteiger partial charge >= 0.3 is 6.03 Å². The Morgan fingerprint density at radius 1 is 0.960 bits per heavy atom. The molecule has 0 aliphatic rings. The van der Waals surface area contributed by atoms with Crippen LogP contribution in [0, 0.1) is 0 Å². The molecule has 128 valence electrons. The summed E-state index contributed by atoms with van der Waals surface area (Å²) in [5.74, 6) is 0.547. The third-order valence-electron chi connectivity index (χ3n) is 3.63. The molecular formula is C18H13Br2ClN2O2. The van der Waals surface area contributed by atoms with Gasteiger partial charge in [0.05, 0.1) is 5.69 Å². The van der Waals surface area contributed by atoms with Crippen molar-refractivity contribution in [3.05, 3.63) is 63.0 Å². The fourth-order valence-electron chi connectivity index (χ4n) is 2.42. The number of rotatable bonds is 3. The number of halogens is 3. The van der Waals surface area contributed by atoms with Gasteiger partial charge in [0.1, 0.15) is 5.75 Å². The Morgan fingerprint density at radius 2 is 1.68 bits per heavy atom. The van der Waals surface area contributed by atoms with Crippen LogP contribution in [0.3, 0.4) is 0 Å². The fourth-order valence-corrected chi connectivity index (χ4v) is 4.02. The molecule has 2 amide bonds. The first-order chi connectivity index (χ1) is 12.0. The molecule has 0 aliphatic heterocycles. The van der Waals surface area contributed by atoms with Crippen LogP contribution < -0.4 is 10.6 Å². The highest BCUT2D eigenvalue weighted by Gasteiger charge is 2.13. The highest BCUT2D eigenvalue weighted by molar-refractivity contribution is 9.11. The minimum absolute atomic E-state index is 0.123. The molecule has 4 nitrogen and oxygen atoms in total. The number of hydrogen-bond donors (Lipinski definition) is 3. The number of carbonyl (C=O) groups is 1. The zero-order valence-corrected chi connectivity index (χ0v) is 16.7. The molecule has 3 N–H and O–H groups in total. The first kappa shape index (κ1) is 18.0. The number of phenolic OH excluding ortho intramolecular Hbond substituents is 1. The Morgan fingerprint density at radius 3 is 2.36 bits per heavy atom. The highest BCUT2D eigenvalue weighted by Crippen LogP contribution is 2.38. The van der Waals surface area contributed by atoms with Gasteiger partial charge in [-0.15, -0.1) is 11.6 Å². The predicted octanol–water partition coefficient (Wildman–Crippen LogP) is 6.45. The van der Waals surface area contributed by atoms with Crippen LogP contribution in [0.4, 0.5) is 16.2 Å². The van der Waals surface area contributed by atoms with Crippen LogP contribution in [-0.2, 0) is 5.88 Å². The molecule has 7 heteroatoms. The first-order valence-electron chi connectivity index (χ1n) is 7.31. The smallest absolute Gasteiger partial charge is 0.323 e. The summed E-state index contributed by atoms with van der Waals surface area (Å²) in [6.07, 6.45) is 0. The summed E-state index contributed by atoms with van der Waals surface area (Å²) < 4.78 is 1.56. The Balaban J connectivity index is 1.88. The second-order valence-corrected chi connectivity index (χ2v) is 7.33. The summed E-state index contributed by atoms with van der Waals surface area (Å²) in [5, 5.41) is 17.0. The Kier molecular flexibility index (Phi) is 5.51. The average molecular weight is 485 g/mol. The van der Waals surface area contributed by atoms with Crippen molar-refractivity contribution in [1.29, 1.82) is 0 Å². The maximum absolute atomic E-state index is 12.4. The lowest BCUT2D eigenvalue weighted by Gasteiger charge is -2.14. The summed E-state index contributed by atoms with van der Waals surface area (Å²) in [4.78, 5) is 12.4. The van der Waals surface area contributed by atoms with Crippen molar-refractivity contribution in [3.8, 4) is 5.75 Å². The molecule has 0 unspecified atom stereocenters. The number of phenols is 1. The Hall–Kier alpha value is -1.76. The zero-order valence-electron chi connectivity index (χ0n) is 12.8. The largest absolute Gasteiger partial charge is 0.508 e. The van der Waals surface area contributed by atoms with Crippen LogP contribution in [-0.4, -0.2) is 11.1 Å². The lowest BCUT2D eigenvalue weighted by Crippen LogP contribution is -2.19. The minimum Gasteiger partial charge on any atom is -0.508 e. The standard InChI is InChI=1S/C18H13Br2ClN2O2/c19-15-8-16(20)17(14-7-12(24)5-6-13(14)15)23-18(25)22-11-3-1-10(9-21)2-4-11/h1-8,24H,9H2,(H2,22,23,25). The van der Waals surface area contributed by atoms with E-state index in [0.29, 0.717) is 27.1 Å². The third kappa shape index (κ3) is 4.08. The molecule has 0 saturated carbocycles. The number of anilines is 2. The molecule has 0 heterocycles. The number of nitrogens with one attached hydrogen (secondary N) is 2. The Bertz CT molecular complexity index is 946. The summed E-state index contributed by atoms with van der Waals surface area (Å²) >= 11 is 12.7. The fraction of sp³-hybridized carbons (Fsp3) is 0.0556. The molecule has 0 fully saturated rings. The van der Waals surface area contributed by atoms with Crippen LogP contribution in [0.1, 0.15) is 5.56 Å². The van der Waals surface area contributed by atoms with Gasteiger partial charge in [-0.25, -0.2) is 4.79 Å². The number of aromatic hydroxyl groups is 1. The topological polar surface area (TPSA) is 61.4 Å². The van der Waals surface area contributed by atoms with Gasteiger partial charge in [0.2, 0.25) is 0 Å². The molecule has 3 rings (SSSR count). The van der Waals surface area contributed by atoms with Crippen LogP contribution in [0.2, 0.25) is 0 Å². The molecule has 0 atom stereocenters. The molecule has 0 spiro atoms. The second-order valence-electron chi connectivity index (χ2n) is 5.35. The quantitative estimate of drug-likeness (QED) is 0.374. The van der Waals surface area contributed by atoms with Gasteiger partial charge in [-0.2, -0.15) is 0 Å². The van der Waals surface area contributed by atoms with E-state index in [1.165, 1.54) is 0 Å². The number of amides is 2. The van der Waals surface area contributed by atoms with E-state index >= 15 is 0 Å². The van der Waals surface area contributed by atoms with Crippen molar-refractivity contribution in [1.82, 2.24) is 0 Å². The van der Waals surface area contributed by atoms with Gasteiger partial charge < -0.3 is 15.7 Å². The van der Waals surface area contributed by atoms with Crippen LogP contribution in [0.5, 0.6) is 5.75 Å². The molecule has 0 radical (unpaired) electrons. The van der Waals surface area contributed by atoms with E-state index in [1.807, 2.05) is 18.2 Å². The molecule has 0 aliphatic carbocycles. The lowest BCUT2D eigenvalue weighted by atomic mass is 10.1. The van der Waals surface area contributed by atoms with Crippen molar-refractivity contribution in [3.63, 3.8) is 0 Å². The van der Waals surface area contributed by atoms with E-state index in [-0.39, 0.29) is 11.8 Å². The van der Waals surface area contributed by atoms with Gasteiger partial charge in [0.25, 0.3) is 0 Å². The van der Waals surface area contributed by atoms with Gasteiger partial charge in [-0.05, 0) is 63.3 Å². The maximum atomic E-state index is 12.4. The predicted molar refractivity (Wildman–Crippen MR) is 110 cm³/mol. The third-order valence-corrected chi connectivity index (χ3v) is 5.22. The molecule has 0 bridgehead atoms. The molecular weight excluding hydrogens is 471 g/mol. The Labute approximate surface area is 166 Å².